The molecule has 1 amide bonds. The molecule has 174 valence electrons. The Morgan fingerprint density at radius 2 is 1.82 bits per heavy atom. The lowest BCUT2D eigenvalue weighted by Crippen LogP contribution is -2.29. The number of nitrogens with one attached hydrogen (secondary N) is 2. The summed E-state index contributed by atoms with van der Waals surface area (Å²) in [7, 11) is 0. The molecule has 0 aliphatic carbocycles. The van der Waals surface area contributed by atoms with Crippen LogP contribution in [0.3, 0.4) is 0 Å². The van der Waals surface area contributed by atoms with Crippen molar-refractivity contribution in [1.82, 2.24) is 4.98 Å². The molecule has 1 aromatic heterocycles. The zero-order valence-electron chi connectivity index (χ0n) is 19.2. The van der Waals surface area contributed by atoms with Crippen LogP contribution in [-0.4, -0.2) is 28.7 Å². The second kappa shape index (κ2) is 9.72. The first-order valence-corrected chi connectivity index (χ1v) is 10.4. The zero-order valence-corrected chi connectivity index (χ0v) is 19.2. The van der Waals surface area contributed by atoms with E-state index in [0.717, 1.165) is 5.56 Å². The van der Waals surface area contributed by atoms with Gasteiger partial charge in [-0.3, -0.25) is 5.32 Å². The van der Waals surface area contributed by atoms with E-state index < -0.39 is 29.3 Å². The van der Waals surface area contributed by atoms with Crippen molar-refractivity contribution < 1.29 is 23.5 Å². The Hall–Kier alpha value is -3.88. The van der Waals surface area contributed by atoms with Crippen molar-refractivity contribution in [2.24, 2.45) is 0 Å². The molecule has 0 saturated carbocycles. The third-order valence-electron chi connectivity index (χ3n) is 4.61. The summed E-state index contributed by atoms with van der Waals surface area (Å²) in [5, 5.41) is 5.61. The summed E-state index contributed by atoms with van der Waals surface area (Å²) >= 11 is 0. The molecule has 2 aromatic carbocycles. The minimum absolute atomic E-state index is 0.107. The number of aryl methyl sites for hydroxylation is 1. The van der Waals surface area contributed by atoms with Crippen LogP contribution in [-0.2, 0) is 20.9 Å². The lowest BCUT2D eigenvalue weighted by atomic mass is 10.1. The Balaban J connectivity index is 1.73. The van der Waals surface area contributed by atoms with Gasteiger partial charge in [0.05, 0.1) is 10.9 Å². The van der Waals surface area contributed by atoms with E-state index in [4.69, 9.17) is 13.9 Å². The van der Waals surface area contributed by atoms with Gasteiger partial charge in [-0.15, -0.1) is 0 Å². The Kier molecular flexibility index (Phi) is 7.01. The number of hydrogen-bond acceptors (Lipinski definition) is 8. The van der Waals surface area contributed by atoms with Crippen molar-refractivity contribution in [2.45, 2.75) is 52.9 Å². The van der Waals surface area contributed by atoms with E-state index in [0.29, 0.717) is 16.8 Å². The number of carbonyl (C=O) groups excluding carboxylic acids is 2. The van der Waals surface area contributed by atoms with Crippen molar-refractivity contribution >= 4 is 34.7 Å². The molecule has 9 heteroatoms. The number of esters is 1. The summed E-state index contributed by atoms with van der Waals surface area (Å²) in [6, 6.07) is 11.6. The van der Waals surface area contributed by atoms with Gasteiger partial charge in [0.1, 0.15) is 18.2 Å². The maximum absolute atomic E-state index is 12.6. The van der Waals surface area contributed by atoms with Crippen LogP contribution < -0.4 is 16.3 Å². The van der Waals surface area contributed by atoms with Crippen LogP contribution in [0, 0.1) is 6.92 Å². The summed E-state index contributed by atoms with van der Waals surface area (Å²) in [4.78, 5) is 41.3. The summed E-state index contributed by atoms with van der Waals surface area (Å²) < 4.78 is 15.8. The van der Waals surface area contributed by atoms with Gasteiger partial charge in [-0.2, -0.15) is 4.98 Å². The van der Waals surface area contributed by atoms with Crippen molar-refractivity contribution in [3.05, 3.63) is 64.0 Å². The molecule has 33 heavy (non-hydrogen) atoms. The fourth-order valence-corrected chi connectivity index (χ4v) is 3.03. The second-order valence-electron chi connectivity index (χ2n) is 8.52. The fourth-order valence-electron chi connectivity index (χ4n) is 3.03. The van der Waals surface area contributed by atoms with E-state index in [1.807, 2.05) is 30.3 Å². The molecular weight excluding hydrogens is 426 g/mol. The van der Waals surface area contributed by atoms with Gasteiger partial charge in [0.15, 0.2) is 0 Å². The van der Waals surface area contributed by atoms with Crippen LogP contribution in [0.4, 0.5) is 16.5 Å². The highest BCUT2D eigenvalue weighted by Gasteiger charge is 2.20. The third-order valence-corrected chi connectivity index (χ3v) is 4.61. The van der Waals surface area contributed by atoms with Gasteiger partial charge >= 0.3 is 17.7 Å². The normalized spacial score (nSPS) is 12.2. The quantitative estimate of drug-likeness (QED) is 0.528. The first-order valence-electron chi connectivity index (χ1n) is 10.4. The molecule has 0 bridgehead atoms. The Morgan fingerprint density at radius 1 is 1.12 bits per heavy atom. The van der Waals surface area contributed by atoms with Crippen molar-refractivity contribution in [3.63, 3.8) is 0 Å². The van der Waals surface area contributed by atoms with E-state index >= 15 is 0 Å². The molecule has 0 unspecified atom stereocenters. The van der Waals surface area contributed by atoms with E-state index in [2.05, 4.69) is 15.6 Å². The monoisotopic (exact) mass is 453 g/mol. The van der Waals surface area contributed by atoms with Gasteiger partial charge in [0.2, 0.25) is 0 Å². The van der Waals surface area contributed by atoms with Crippen molar-refractivity contribution in [2.75, 3.05) is 10.6 Å². The number of anilines is 2. The van der Waals surface area contributed by atoms with Gasteiger partial charge < -0.3 is 19.2 Å². The number of carbonyl (C=O) groups is 2. The van der Waals surface area contributed by atoms with E-state index in [9.17, 15) is 14.4 Å². The van der Waals surface area contributed by atoms with Gasteiger partial charge in [-0.25, -0.2) is 14.4 Å². The van der Waals surface area contributed by atoms with Gasteiger partial charge in [-0.05, 0) is 57.9 Å². The number of fused-ring (bicyclic) bond motifs is 1. The van der Waals surface area contributed by atoms with Gasteiger partial charge in [-0.1, -0.05) is 30.3 Å². The van der Waals surface area contributed by atoms with Crippen LogP contribution >= 0.6 is 0 Å². The molecule has 0 saturated heterocycles. The summed E-state index contributed by atoms with van der Waals surface area (Å²) in [6.45, 7) is 8.65. The minimum atomic E-state index is -0.795. The smallest absolute Gasteiger partial charge is 0.412 e. The fraction of sp³-hybridized carbons (Fsp3) is 0.333. The Morgan fingerprint density at radius 3 is 2.48 bits per heavy atom. The molecule has 3 rings (SSSR count). The first-order chi connectivity index (χ1) is 15.5. The Labute approximate surface area is 191 Å². The molecule has 0 radical (unpaired) electrons. The molecule has 1 atom stereocenters. The topological polar surface area (TPSA) is 120 Å². The summed E-state index contributed by atoms with van der Waals surface area (Å²) in [6.07, 6.45) is -0.636. The number of amides is 1. The van der Waals surface area contributed by atoms with Crippen LogP contribution in [0.1, 0.15) is 38.8 Å². The van der Waals surface area contributed by atoms with Crippen LogP contribution in [0.5, 0.6) is 0 Å². The van der Waals surface area contributed by atoms with E-state index in [1.54, 1.807) is 46.8 Å². The maximum atomic E-state index is 12.6. The lowest BCUT2D eigenvalue weighted by Gasteiger charge is -2.20. The lowest BCUT2D eigenvalue weighted by molar-refractivity contribution is -0.145. The molecule has 0 aliphatic heterocycles. The third kappa shape index (κ3) is 6.31. The highest BCUT2D eigenvalue weighted by atomic mass is 16.6. The molecule has 0 spiro atoms. The largest absolute Gasteiger partial charge is 0.459 e. The first kappa shape index (κ1) is 23.8. The number of rotatable bonds is 6. The standard InChI is InChI=1S/C24H27N3O6/c1-14-17(27-23(30)33-24(3,4)5)11-12-18-19(14)21(29)32-22(26-18)25-15(2)20(28)31-13-16-9-7-6-8-10-16/h6-12,15H,13H2,1-5H3,(H,25,26)(H,27,30)/t15-/m0/s1. The van der Waals surface area contributed by atoms with Crippen molar-refractivity contribution in [3.8, 4) is 0 Å². The predicted octanol–water partition coefficient (Wildman–Crippen LogP) is 4.39. The maximum Gasteiger partial charge on any atom is 0.412 e. The van der Waals surface area contributed by atoms with Crippen LogP contribution in [0.25, 0.3) is 10.9 Å². The predicted molar refractivity (Wildman–Crippen MR) is 124 cm³/mol. The summed E-state index contributed by atoms with van der Waals surface area (Å²) in [5.74, 6) is -0.517. The van der Waals surface area contributed by atoms with Crippen LogP contribution in [0.2, 0.25) is 0 Å². The highest BCUT2D eigenvalue weighted by Crippen LogP contribution is 2.24. The molecule has 9 nitrogen and oxygen atoms in total. The average molecular weight is 453 g/mol. The van der Waals surface area contributed by atoms with E-state index in [1.165, 1.54) is 0 Å². The van der Waals surface area contributed by atoms with Gasteiger partial charge in [0.25, 0.3) is 6.01 Å². The number of benzene rings is 2. The van der Waals surface area contributed by atoms with Gasteiger partial charge in [0, 0.05) is 5.69 Å². The second-order valence-corrected chi connectivity index (χ2v) is 8.52. The molecule has 1 heterocycles. The summed E-state index contributed by atoms with van der Waals surface area (Å²) in [5.41, 5.74) is 0.795. The molecule has 0 aliphatic rings. The molecule has 0 fully saturated rings. The molecule has 2 N–H and O–H groups in total. The highest BCUT2D eigenvalue weighted by molar-refractivity contribution is 5.93. The molecular formula is C24H27N3O6. The molecule has 3 aromatic rings. The number of nitrogens with zero attached hydrogens (tertiary/aromatic N) is 1. The number of ether oxygens (including phenoxy) is 2. The average Bonchev–Trinajstić information content (AvgIpc) is 2.73. The number of aromatic nitrogens is 1. The van der Waals surface area contributed by atoms with Crippen molar-refractivity contribution in [1.29, 1.82) is 0 Å². The van der Waals surface area contributed by atoms with Crippen LogP contribution in [0.15, 0.2) is 51.7 Å². The zero-order chi connectivity index (χ0) is 24.2. The number of hydrogen-bond donors (Lipinski definition) is 2. The minimum Gasteiger partial charge on any atom is -0.459 e. The SMILES string of the molecule is Cc1c(NC(=O)OC(C)(C)C)ccc2nc(N[C@@H](C)C(=O)OCc3ccccc3)oc(=O)c12. The Bertz CT molecular complexity index is 1210. The van der Waals surface area contributed by atoms with E-state index in [-0.39, 0.29) is 18.0 Å².